The first-order valence-electron chi connectivity index (χ1n) is 4.35. The van der Waals surface area contributed by atoms with Crippen molar-refractivity contribution < 1.29 is 9.90 Å². The minimum Gasteiger partial charge on any atom is -0.481 e. The average molecular weight is 180 g/mol. The predicted octanol–water partition coefficient (Wildman–Crippen LogP) is 0.435. The predicted molar refractivity (Wildman–Crippen MR) is 47.3 cm³/mol. The third kappa shape index (κ3) is 1.72. The highest BCUT2D eigenvalue weighted by Crippen LogP contribution is 2.11. The Morgan fingerprint density at radius 1 is 1.77 bits per heavy atom. The zero-order chi connectivity index (χ0) is 9.26. The summed E-state index contributed by atoms with van der Waals surface area (Å²) >= 11 is 0. The zero-order valence-electron chi connectivity index (χ0n) is 7.23. The van der Waals surface area contributed by atoms with Crippen LogP contribution in [0.4, 0.5) is 0 Å². The maximum absolute atomic E-state index is 10.5. The van der Waals surface area contributed by atoms with Gasteiger partial charge in [0.25, 0.3) is 0 Å². The first-order chi connectivity index (χ1) is 6.25. The molecule has 1 aromatic rings. The van der Waals surface area contributed by atoms with E-state index in [1.165, 1.54) is 5.69 Å². The van der Waals surface area contributed by atoms with Crippen LogP contribution in [0.1, 0.15) is 12.1 Å². The lowest BCUT2D eigenvalue weighted by atomic mass is 10.1. The van der Waals surface area contributed by atoms with Gasteiger partial charge in [-0.1, -0.05) is 0 Å². The minimum absolute atomic E-state index is 0.0670. The average Bonchev–Trinajstić information content (AvgIpc) is 2.49. The SMILES string of the molecule is O=C(O)CC1Cn2cccc2CN1. The van der Waals surface area contributed by atoms with Crippen LogP contribution in [0.25, 0.3) is 0 Å². The second kappa shape index (κ2) is 3.22. The summed E-state index contributed by atoms with van der Waals surface area (Å²) in [6.45, 7) is 1.53. The van der Waals surface area contributed by atoms with E-state index < -0.39 is 5.97 Å². The van der Waals surface area contributed by atoms with Gasteiger partial charge in [0.1, 0.15) is 0 Å². The molecule has 0 aromatic carbocycles. The van der Waals surface area contributed by atoms with Crippen molar-refractivity contribution in [3.8, 4) is 0 Å². The fourth-order valence-electron chi connectivity index (χ4n) is 1.69. The molecule has 1 aliphatic heterocycles. The van der Waals surface area contributed by atoms with E-state index in [2.05, 4.69) is 9.88 Å². The van der Waals surface area contributed by atoms with Crippen molar-refractivity contribution in [1.82, 2.24) is 9.88 Å². The molecule has 2 N–H and O–H groups in total. The summed E-state index contributed by atoms with van der Waals surface area (Å²) in [7, 11) is 0. The summed E-state index contributed by atoms with van der Waals surface area (Å²) in [5.41, 5.74) is 1.22. The molecule has 1 atom stereocenters. The number of carboxylic acid groups (broad SMARTS) is 1. The first kappa shape index (κ1) is 8.31. The molecule has 1 aliphatic rings. The number of nitrogens with zero attached hydrogens (tertiary/aromatic N) is 1. The van der Waals surface area contributed by atoms with Crippen molar-refractivity contribution in [1.29, 1.82) is 0 Å². The van der Waals surface area contributed by atoms with Crippen LogP contribution < -0.4 is 5.32 Å². The zero-order valence-corrected chi connectivity index (χ0v) is 7.23. The van der Waals surface area contributed by atoms with Gasteiger partial charge in [0, 0.05) is 31.0 Å². The highest BCUT2D eigenvalue weighted by molar-refractivity contribution is 5.67. The fraction of sp³-hybridized carbons (Fsp3) is 0.444. The molecule has 0 saturated carbocycles. The molecule has 1 aromatic heterocycles. The maximum Gasteiger partial charge on any atom is 0.304 e. The molecule has 4 nitrogen and oxygen atoms in total. The molecule has 2 rings (SSSR count). The molecule has 70 valence electrons. The largest absolute Gasteiger partial charge is 0.481 e. The molecule has 0 radical (unpaired) electrons. The van der Waals surface area contributed by atoms with Crippen LogP contribution in [-0.2, 0) is 17.9 Å². The summed E-state index contributed by atoms with van der Waals surface area (Å²) in [6, 6.07) is 4.10. The van der Waals surface area contributed by atoms with Crippen LogP contribution in [0.2, 0.25) is 0 Å². The summed E-state index contributed by atoms with van der Waals surface area (Å²) in [5.74, 6) is -0.742. The molecule has 2 heterocycles. The fourth-order valence-corrected chi connectivity index (χ4v) is 1.69. The summed E-state index contributed by atoms with van der Waals surface area (Å²) in [6.07, 6.45) is 2.18. The molecule has 0 amide bonds. The topological polar surface area (TPSA) is 54.3 Å². The molecule has 0 bridgehead atoms. The molecule has 4 heteroatoms. The monoisotopic (exact) mass is 180 g/mol. The number of carboxylic acids is 1. The Kier molecular flexibility index (Phi) is 2.06. The Hall–Kier alpha value is -1.29. The van der Waals surface area contributed by atoms with Gasteiger partial charge in [0.05, 0.1) is 6.42 Å². The molecule has 0 fully saturated rings. The first-order valence-corrected chi connectivity index (χ1v) is 4.35. The van der Waals surface area contributed by atoms with E-state index in [0.29, 0.717) is 0 Å². The Morgan fingerprint density at radius 3 is 3.38 bits per heavy atom. The molecule has 0 spiro atoms. The maximum atomic E-state index is 10.5. The van der Waals surface area contributed by atoms with E-state index in [9.17, 15) is 4.79 Å². The van der Waals surface area contributed by atoms with Gasteiger partial charge in [-0.15, -0.1) is 0 Å². The van der Waals surface area contributed by atoms with Crippen LogP contribution in [0.5, 0.6) is 0 Å². The van der Waals surface area contributed by atoms with Gasteiger partial charge in [-0.3, -0.25) is 4.79 Å². The number of nitrogens with one attached hydrogen (secondary N) is 1. The Morgan fingerprint density at radius 2 is 2.62 bits per heavy atom. The number of aromatic nitrogens is 1. The quantitative estimate of drug-likeness (QED) is 0.694. The Balaban J connectivity index is 2.04. The van der Waals surface area contributed by atoms with Crippen molar-refractivity contribution in [2.45, 2.75) is 25.6 Å². The third-order valence-electron chi connectivity index (χ3n) is 2.33. The van der Waals surface area contributed by atoms with E-state index >= 15 is 0 Å². The lowest BCUT2D eigenvalue weighted by Gasteiger charge is -2.24. The van der Waals surface area contributed by atoms with Gasteiger partial charge >= 0.3 is 5.97 Å². The third-order valence-corrected chi connectivity index (χ3v) is 2.33. The van der Waals surface area contributed by atoms with Gasteiger partial charge < -0.3 is 15.0 Å². The van der Waals surface area contributed by atoms with Gasteiger partial charge in [0.15, 0.2) is 0 Å². The van der Waals surface area contributed by atoms with E-state index in [1.54, 1.807) is 0 Å². The van der Waals surface area contributed by atoms with E-state index in [4.69, 9.17) is 5.11 Å². The van der Waals surface area contributed by atoms with Crippen molar-refractivity contribution in [3.63, 3.8) is 0 Å². The molecule has 13 heavy (non-hydrogen) atoms. The van der Waals surface area contributed by atoms with E-state index in [0.717, 1.165) is 13.1 Å². The number of fused-ring (bicyclic) bond motifs is 1. The van der Waals surface area contributed by atoms with Gasteiger partial charge in [-0.25, -0.2) is 0 Å². The van der Waals surface area contributed by atoms with Crippen LogP contribution in [0, 0.1) is 0 Å². The van der Waals surface area contributed by atoms with Gasteiger partial charge in [-0.05, 0) is 12.1 Å². The highest BCUT2D eigenvalue weighted by Gasteiger charge is 2.18. The Labute approximate surface area is 76.2 Å². The smallest absolute Gasteiger partial charge is 0.304 e. The number of rotatable bonds is 2. The second-order valence-electron chi connectivity index (χ2n) is 3.33. The normalized spacial score (nSPS) is 21.1. The van der Waals surface area contributed by atoms with E-state index in [-0.39, 0.29) is 12.5 Å². The lowest BCUT2D eigenvalue weighted by molar-refractivity contribution is -0.137. The highest BCUT2D eigenvalue weighted by atomic mass is 16.4. The van der Waals surface area contributed by atoms with Crippen LogP contribution in [0.3, 0.4) is 0 Å². The molecular weight excluding hydrogens is 168 g/mol. The van der Waals surface area contributed by atoms with Crippen molar-refractivity contribution in [2.24, 2.45) is 0 Å². The minimum atomic E-state index is -0.742. The summed E-state index contributed by atoms with van der Waals surface area (Å²) < 4.78 is 2.10. The van der Waals surface area contributed by atoms with Crippen molar-refractivity contribution in [3.05, 3.63) is 24.0 Å². The van der Waals surface area contributed by atoms with Crippen LogP contribution in [0.15, 0.2) is 18.3 Å². The number of hydrogen-bond acceptors (Lipinski definition) is 2. The number of carbonyl (C=O) groups is 1. The molecule has 1 unspecified atom stereocenters. The standard InChI is InChI=1S/C9H12N2O2/c12-9(13)4-7-6-11-3-1-2-8(11)5-10-7/h1-3,7,10H,4-6H2,(H,12,13). The molecule has 0 aliphatic carbocycles. The number of hydrogen-bond donors (Lipinski definition) is 2. The molecule has 0 saturated heterocycles. The van der Waals surface area contributed by atoms with Gasteiger partial charge in [0.2, 0.25) is 0 Å². The Bertz CT molecular complexity index is 319. The van der Waals surface area contributed by atoms with Crippen LogP contribution in [-0.4, -0.2) is 21.7 Å². The second-order valence-corrected chi connectivity index (χ2v) is 3.33. The van der Waals surface area contributed by atoms with Gasteiger partial charge in [-0.2, -0.15) is 0 Å². The van der Waals surface area contributed by atoms with Crippen molar-refractivity contribution in [2.75, 3.05) is 0 Å². The summed E-state index contributed by atoms with van der Waals surface area (Å²) in [5, 5.41) is 11.8. The molecular formula is C9H12N2O2. The number of aliphatic carboxylic acids is 1. The van der Waals surface area contributed by atoms with Crippen molar-refractivity contribution >= 4 is 5.97 Å². The summed E-state index contributed by atoms with van der Waals surface area (Å²) in [4.78, 5) is 10.5. The van der Waals surface area contributed by atoms with Crippen LogP contribution >= 0.6 is 0 Å². The lowest BCUT2D eigenvalue weighted by Crippen LogP contribution is -2.39. The van der Waals surface area contributed by atoms with E-state index in [1.807, 2.05) is 18.3 Å².